The fourth-order valence-corrected chi connectivity index (χ4v) is 3.18. The zero-order valence-corrected chi connectivity index (χ0v) is 13.1. The van der Waals surface area contributed by atoms with Crippen LogP contribution in [0.3, 0.4) is 0 Å². The van der Waals surface area contributed by atoms with Gasteiger partial charge < -0.3 is 0 Å². The third-order valence-electron chi connectivity index (χ3n) is 4.40. The van der Waals surface area contributed by atoms with Crippen LogP contribution in [0, 0.1) is 13.8 Å². The molecular weight excluding hydrogens is 270 g/mol. The SMILES string of the molecule is Cc1ccc(C)c(-c2nc3c(c[n+]2C)-c2cnccc2C3)c1. The first-order valence-corrected chi connectivity index (χ1v) is 7.54. The summed E-state index contributed by atoms with van der Waals surface area (Å²) in [5, 5.41) is 0. The Bertz CT molecular complexity index is 897. The predicted molar refractivity (Wildman–Crippen MR) is 86.4 cm³/mol. The van der Waals surface area contributed by atoms with Crippen molar-refractivity contribution in [3.8, 4) is 22.5 Å². The molecule has 1 aromatic carbocycles. The Morgan fingerprint density at radius 1 is 1.05 bits per heavy atom. The zero-order chi connectivity index (χ0) is 15.3. The van der Waals surface area contributed by atoms with Crippen molar-refractivity contribution in [2.75, 3.05) is 0 Å². The van der Waals surface area contributed by atoms with E-state index in [2.05, 4.69) is 60.9 Å². The van der Waals surface area contributed by atoms with Gasteiger partial charge in [-0.1, -0.05) is 17.7 Å². The molecule has 22 heavy (non-hydrogen) atoms. The fourth-order valence-electron chi connectivity index (χ4n) is 3.18. The van der Waals surface area contributed by atoms with E-state index in [1.165, 1.54) is 33.4 Å². The number of aryl methyl sites for hydroxylation is 3. The molecule has 0 radical (unpaired) electrons. The van der Waals surface area contributed by atoms with Crippen molar-refractivity contribution in [3.63, 3.8) is 0 Å². The molecule has 2 aromatic heterocycles. The van der Waals surface area contributed by atoms with Crippen LogP contribution in [0.5, 0.6) is 0 Å². The van der Waals surface area contributed by atoms with Crippen molar-refractivity contribution >= 4 is 0 Å². The summed E-state index contributed by atoms with van der Waals surface area (Å²) < 4.78 is 2.13. The van der Waals surface area contributed by atoms with Gasteiger partial charge in [-0.25, -0.2) is 4.57 Å². The van der Waals surface area contributed by atoms with Gasteiger partial charge in [-0.3, -0.25) is 4.98 Å². The molecule has 0 bridgehead atoms. The van der Waals surface area contributed by atoms with Gasteiger partial charge in [0.2, 0.25) is 0 Å². The highest BCUT2D eigenvalue weighted by molar-refractivity contribution is 5.74. The molecule has 0 aliphatic heterocycles. The van der Waals surface area contributed by atoms with Gasteiger partial charge in [-0.15, -0.1) is 0 Å². The molecule has 4 rings (SSSR count). The molecule has 3 nitrogen and oxygen atoms in total. The molecule has 0 fully saturated rings. The van der Waals surface area contributed by atoms with Crippen LogP contribution in [0.25, 0.3) is 22.5 Å². The Kier molecular flexibility index (Phi) is 2.83. The van der Waals surface area contributed by atoms with E-state index in [0.717, 1.165) is 17.9 Å². The number of pyridine rings is 1. The standard InChI is InChI=1S/C19H18N3/c1-12-4-5-13(2)15(8-12)19-21-18-9-14-6-7-20-10-16(14)17(18)11-22(19)3/h4-8,10-11H,9H2,1-3H3/q+1. The third kappa shape index (κ3) is 1.93. The monoisotopic (exact) mass is 288 g/mol. The van der Waals surface area contributed by atoms with E-state index in [0.29, 0.717) is 0 Å². The molecule has 0 spiro atoms. The predicted octanol–water partition coefficient (Wildman–Crippen LogP) is 3.16. The van der Waals surface area contributed by atoms with Crippen LogP contribution in [-0.4, -0.2) is 9.97 Å². The van der Waals surface area contributed by atoms with Crippen LogP contribution in [0.2, 0.25) is 0 Å². The number of hydrogen-bond donors (Lipinski definition) is 0. The van der Waals surface area contributed by atoms with Crippen LogP contribution >= 0.6 is 0 Å². The number of fused-ring (bicyclic) bond motifs is 3. The first-order valence-electron chi connectivity index (χ1n) is 7.54. The summed E-state index contributed by atoms with van der Waals surface area (Å²) in [6.45, 7) is 4.26. The van der Waals surface area contributed by atoms with Gasteiger partial charge >= 0.3 is 5.82 Å². The van der Waals surface area contributed by atoms with Gasteiger partial charge in [0.25, 0.3) is 0 Å². The number of aromatic nitrogens is 3. The van der Waals surface area contributed by atoms with E-state index in [-0.39, 0.29) is 0 Å². The molecule has 3 aromatic rings. The van der Waals surface area contributed by atoms with Gasteiger partial charge in [-0.05, 0) is 42.1 Å². The molecule has 3 heteroatoms. The molecule has 0 N–H and O–H groups in total. The van der Waals surface area contributed by atoms with Crippen molar-refractivity contribution in [1.82, 2.24) is 9.97 Å². The highest BCUT2D eigenvalue weighted by Gasteiger charge is 2.28. The fraction of sp³-hybridized carbons (Fsp3) is 0.211. The van der Waals surface area contributed by atoms with Crippen molar-refractivity contribution in [3.05, 3.63) is 65.2 Å². The Morgan fingerprint density at radius 3 is 2.77 bits per heavy atom. The molecule has 0 saturated heterocycles. The number of rotatable bonds is 1. The van der Waals surface area contributed by atoms with Crippen molar-refractivity contribution < 1.29 is 4.57 Å². The smallest absolute Gasteiger partial charge is 0.264 e. The lowest BCUT2D eigenvalue weighted by atomic mass is 10.0. The molecule has 108 valence electrons. The molecule has 0 amide bonds. The Morgan fingerprint density at radius 2 is 1.91 bits per heavy atom. The lowest BCUT2D eigenvalue weighted by Gasteiger charge is -2.06. The first kappa shape index (κ1) is 13.1. The lowest BCUT2D eigenvalue weighted by Crippen LogP contribution is -2.33. The van der Waals surface area contributed by atoms with Crippen LogP contribution < -0.4 is 4.57 Å². The minimum atomic E-state index is 0.895. The molecule has 0 unspecified atom stereocenters. The summed E-state index contributed by atoms with van der Waals surface area (Å²) in [7, 11) is 2.07. The van der Waals surface area contributed by atoms with Gasteiger partial charge in [0.05, 0.1) is 18.2 Å². The second-order valence-electron chi connectivity index (χ2n) is 6.06. The number of benzene rings is 1. The van der Waals surface area contributed by atoms with Crippen LogP contribution in [0.15, 0.2) is 42.9 Å². The van der Waals surface area contributed by atoms with Gasteiger partial charge in [0.1, 0.15) is 6.20 Å². The summed E-state index contributed by atoms with van der Waals surface area (Å²) in [5.74, 6) is 1.03. The maximum atomic E-state index is 4.97. The summed E-state index contributed by atoms with van der Waals surface area (Å²) in [6, 6.07) is 8.62. The van der Waals surface area contributed by atoms with E-state index in [1.54, 1.807) is 0 Å². The molecule has 1 aliphatic carbocycles. The van der Waals surface area contributed by atoms with Gasteiger partial charge in [0.15, 0.2) is 5.69 Å². The second-order valence-corrected chi connectivity index (χ2v) is 6.06. The van der Waals surface area contributed by atoms with Crippen molar-refractivity contribution in [1.29, 1.82) is 0 Å². The highest BCUT2D eigenvalue weighted by Crippen LogP contribution is 2.34. The number of nitrogens with zero attached hydrogens (tertiary/aromatic N) is 3. The minimum absolute atomic E-state index is 0.895. The summed E-state index contributed by atoms with van der Waals surface area (Å²) in [6.07, 6.45) is 6.88. The largest absolute Gasteiger partial charge is 0.330 e. The van der Waals surface area contributed by atoms with E-state index in [4.69, 9.17) is 4.98 Å². The summed E-state index contributed by atoms with van der Waals surface area (Å²) in [5.41, 5.74) is 8.61. The van der Waals surface area contributed by atoms with E-state index < -0.39 is 0 Å². The van der Waals surface area contributed by atoms with Gasteiger partial charge in [-0.2, -0.15) is 0 Å². The van der Waals surface area contributed by atoms with E-state index in [9.17, 15) is 0 Å². The lowest BCUT2D eigenvalue weighted by molar-refractivity contribution is -0.662. The Hall–Kier alpha value is -2.55. The average Bonchev–Trinajstić information content (AvgIpc) is 2.87. The Labute approximate surface area is 130 Å². The molecule has 2 heterocycles. The molecule has 1 aliphatic rings. The highest BCUT2D eigenvalue weighted by atomic mass is 15.0. The van der Waals surface area contributed by atoms with E-state index in [1.807, 2.05) is 12.4 Å². The van der Waals surface area contributed by atoms with Crippen molar-refractivity contribution in [2.45, 2.75) is 20.3 Å². The van der Waals surface area contributed by atoms with E-state index >= 15 is 0 Å². The maximum absolute atomic E-state index is 4.97. The number of hydrogen-bond acceptors (Lipinski definition) is 2. The van der Waals surface area contributed by atoms with Crippen molar-refractivity contribution in [2.24, 2.45) is 7.05 Å². The topological polar surface area (TPSA) is 29.7 Å². The molecule has 0 atom stereocenters. The zero-order valence-electron chi connectivity index (χ0n) is 13.1. The molecule has 0 saturated carbocycles. The minimum Gasteiger partial charge on any atom is -0.264 e. The van der Waals surface area contributed by atoms with Crippen LogP contribution in [0.4, 0.5) is 0 Å². The van der Waals surface area contributed by atoms with Gasteiger partial charge in [0, 0.05) is 24.4 Å². The summed E-state index contributed by atoms with van der Waals surface area (Å²) >= 11 is 0. The normalized spacial score (nSPS) is 12.1. The first-order chi connectivity index (χ1) is 10.6. The van der Waals surface area contributed by atoms with Crippen LogP contribution in [0.1, 0.15) is 22.4 Å². The summed E-state index contributed by atoms with van der Waals surface area (Å²) in [4.78, 5) is 9.23. The van der Waals surface area contributed by atoms with Crippen LogP contribution in [-0.2, 0) is 13.5 Å². The molecular formula is C19H18N3+. The third-order valence-corrected chi connectivity index (χ3v) is 4.40. The quantitative estimate of drug-likeness (QED) is 0.504. The Balaban J connectivity index is 1.92. The second kappa shape index (κ2) is 4.73. The average molecular weight is 288 g/mol. The maximum Gasteiger partial charge on any atom is 0.330 e.